The molecule has 1 amide bonds. The van der Waals surface area contributed by atoms with Crippen molar-refractivity contribution in [1.29, 1.82) is 0 Å². The van der Waals surface area contributed by atoms with E-state index in [1.807, 2.05) is 12.1 Å². The zero-order valence-electron chi connectivity index (χ0n) is 9.62. The van der Waals surface area contributed by atoms with Crippen LogP contribution in [-0.2, 0) is 11.2 Å². The van der Waals surface area contributed by atoms with Crippen molar-refractivity contribution in [3.8, 4) is 0 Å². The minimum Gasteiger partial charge on any atom is -0.469 e. The molecule has 3 nitrogen and oxygen atoms in total. The zero-order valence-corrected chi connectivity index (χ0v) is 11.2. The lowest BCUT2D eigenvalue weighted by Crippen LogP contribution is -2.34. The SMILES string of the molecule is O=C(NCCc1ccco1)[C@]12CCC[C@H]1[C@@H]2Br. The number of carbonyl (C=O) groups is 1. The van der Waals surface area contributed by atoms with E-state index in [9.17, 15) is 4.79 Å². The third-order valence-electron chi connectivity index (χ3n) is 4.16. The number of halogens is 1. The molecule has 92 valence electrons. The Labute approximate surface area is 109 Å². The molecule has 4 heteroatoms. The van der Waals surface area contributed by atoms with E-state index in [1.54, 1.807) is 6.26 Å². The Kier molecular flexibility index (Phi) is 2.77. The third-order valence-corrected chi connectivity index (χ3v) is 5.62. The molecular weight excluding hydrogens is 282 g/mol. The summed E-state index contributed by atoms with van der Waals surface area (Å²) in [7, 11) is 0. The van der Waals surface area contributed by atoms with E-state index in [4.69, 9.17) is 4.42 Å². The van der Waals surface area contributed by atoms with Gasteiger partial charge in [-0.3, -0.25) is 4.79 Å². The zero-order chi connectivity index (χ0) is 11.9. The summed E-state index contributed by atoms with van der Waals surface area (Å²) in [6.45, 7) is 0.667. The number of carbonyl (C=O) groups excluding carboxylic acids is 1. The molecule has 0 bridgehead atoms. The second-order valence-corrected chi connectivity index (χ2v) is 6.01. The summed E-state index contributed by atoms with van der Waals surface area (Å²) in [4.78, 5) is 12.6. The number of furan rings is 1. The van der Waals surface area contributed by atoms with E-state index in [0.717, 1.165) is 18.6 Å². The van der Waals surface area contributed by atoms with Crippen LogP contribution in [0.2, 0.25) is 0 Å². The number of rotatable bonds is 4. The van der Waals surface area contributed by atoms with Gasteiger partial charge in [-0.1, -0.05) is 22.4 Å². The Hall–Kier alpha value is -0.770. The minimum absolute atomic E-state index is 0.0802. The van der Waals surface area contributed by atoms with Gasteiger partial charge in [0.1, 0.15) is 5.76 Å². The second kappa shape index (κ2) is 4.16. The summed E-state index contributed by atoms with van der Waals surface area (Å²) in [6.07, 6.45) is 5.87. The van der Waals surface area contributed by atoms with Gasteiger partial charge in [0, 0.05) is 17.8 Å². The fraction of sp³-hybridized carbons (Fsp3) is 0.615. The van der Waals surface area contributed by atoms with Crippen LogP contribution in [-0.4, -0.2) is 17.3 Å². The van der Waals surface area contributed by atoms with Crippen molar-refractivity contribution in [3.63, 3.8) is 0 Å². The molecule has 3 atom stereocenters. The van der Waals surface area contributed by atoms with Gasteiger partial charge in [-0.2, -0.15) is 0 Å². The standard InChI is InChI=1S/C13H16BrNO2/c14-11-10-4-1-6-13(10,11)12(16)15-7-5-9-3-2-8-17-9/h2-3,8,10-11H,1,4-7H2,(H,15,16)/t10-,11-,13+/m0/s1. The maximum absolute atomic E-state index is 12.2. The molecule has 0 unspecified atom stereocenters. The topological polar surface area (TPSA) is 42.2 Å². The van der Waals surface area contributed by atoms with Gasteiger partial charge in [0.2, 0.25) is 5.91 Å². The number of amides is 1. The monoisotopic (exact) mass is 297 g/mol. The Morgan fingerprint density at radius 3 is 3.18 bits per heavy atom. The molecule has 17 heavy (non-hydrogen) atoms. The first-order valence-electron chi connectivity index (χ1n) is 6.20. The first-order chi connectivity index (χ1) is 8.25. The first kappa shape index (κ1) is 11.3. The van der Waals surface area contributed by atoms with Crippen LogP contribution < -0.4 is 5.32 Å². The highest BCUT2D eigenvalue weighted by atomic mass is 79.9. The van der Waals surface area contributed by atoms with Gasteiger partial charge in [0.25, 0.3) is 0 Å². The summed E-state index contributed by atoms with van der Waals surface area (Å²) in [5.74, 6) is 1.73. The van der Waals surface area contributed by atoms with Crippen LogP contribution >= 0.6 is 15.9 Å². The van der Waals surface area contributed by atoms with E-state index in [1.165, 1.54) is 12.8 Å². The first-order valence-corrected chi connectivity index (χ1v) is 7.11. The number of nitrogens with one attached hydrogen (secondary N) is 1. The fourth-order valence-corrected chi connectivity index (χ4v) is 4.50. The van der Waals surface area contributed by atoms with E-state index < -0.39 is 0 Å². The summed E-state index contributed by atoms with van der Waals surface area (Å²) >= 11 is 3.63. The molecular formula is C13H16BrNO2. The summed E-state index contributed by atoms with van der Waals surface area (Å²) in [6, 6.07) is 3.81. The predicted molar refractivity (Wildman–Crippen MR) is 67.9 cm³/mol. The highest BCUT2D eigenvalue weighted by Crippen LogP contribution is 2.67. The molecule has 0 radical (unpaired) electrons. The lowest BCUT2D eigenvalue weighted by atomic mass is 10.0. The van der Waals surface area contributed by atoms with Crippen LogP contribution in [0.5, 0.6) is 0 Å². The van der Waals surface area contributed by atoms with Gasteiger partial charge in [-0.05, 0) is 30.9 Å². The highest BCUT2D eigenvalue weighted by Gasteiger charge is 2.69. The Morgan fingerprint density at radius 1 is 1.65 bits per heavy atom. The Morgan fingerprint density at radius 2 is 2.53 bits per heavy atom. The highest BCUT2D eigenvalue weighted by molar-refractivity contribution is 9.09. The van der Waals surface area contributed by atoms with Gasteiger partial charge < -0.3 is 9.73 Å². The molecule has 2 saturated carbocycles. The van der Waals surface area contributed by atoms with Gasteiger partial charge in [0.05, 0.1) is 11.7 Å². The molecule has 1 aromatic rings. The molecule has 3 rings (SSSR count). The van der Waals surface area contributed by atoms with Crippen molar-refractivity contribution >= 4 is 21.8 Å². The molecule has 1 N–H and O–H groups in total. The molecule has 0 spiro atoms. The molecule has 0 saturated heterocycles. The smallest absolute Gasteiger partial charge is 0.227 e. The second-order valence-electron chi connectivity index (χ2n) is 5.03. The van der Waals surface area contributed by atoms with Crippen LogP contribution in [0.25, 0.3) is 0 Å². The van der Waals surface area contributed by atoms with Crippen LogP contribution in [0.4, 0.5) is 0 Å². The Bertz CT molecular complexity index is 417. The van der Waals surface area contributed by atoms with Crippen molar-refractivity contribution in [1.82, 2.24) is 5.32 Å². The maximum atomic E-state index is 12.2. The number of fused-ring (bicyclic) bond motifs is 1. The normalized spacial score (nSPS) is 34.4. The van der Waals surface area contributed by atoms with E-state index in [0.29, 0.717) is 17.3 Å². The molecule has 2 fully saturated rings. The molecule has 0 aliphatic heterocycles. The van der Waals surface area contributed by atoms with E-state index in [2.05, 4.69) is 21.2 Å². The summed E-state index contributed by atoms with van der Waals surface area (Å²) < 4.78 is 5.24. The van der Waals surface area contributed by atoms with Crippen molar-refractivity contribution in [2.45, 2.75) is 30.5 Å². The van der Waals surface area contributed by atoms with Crippen molar-refractivity contribution < 1.29 is 9.21 Å². The quantitative estimate of drug-likeness (QED) is 0.868. The molecule has 0 aromatic carbocycles. The van der Waals surface area contributed by atoms with Crippen molar-refractivity contribution in [3.05, 3.63) is 24.2 Å². The summed E-state index contributed by atoms with van der Waals surface area (Å²) in [5, 5.41) is 3.05. The molecule has 2 aliphatic rings. The number of hydrogen-bond donors (Lipinski definition) is 1. The van der Waals surface area contributed by atoms with E-state index in [-0.39, 0.29) is 11.3 Å². The largest absolute Gasteiger partial charge is 0.469 e. The number of alkyl halides is 1. The van der Waals surface area contributed by atoms with Gasteiger partial charge >= 0.3 is 0 Å². The third kappa shape index (κ3) is 1.73. The van der Waals surface area contributed by atoms with Crippen LogP contribution in [0.15, 0.2) is 22.8 Å². The Balaban J connectivity index is 1.51. The maximum Gasteiger partial charge on any atom is 0.227 e. The average Bonchev–Trinajstić information content (AvgIpc) is 2.81. The lowest BCUT2D eigenvalue weighted by molar-refractivity contribution is -0.126. The van der Waals surface area contributed by atoms with Gasteiger partial charge in [-0.15, -0.1) is 0 Å². The van der Waals surface area contributed by atoms with Gasteiger partial charge in [-0.25, -0.2) is 0 Å². The predicted octanol–water partition coefficient (Wildman–Crippen LogP) is 2.50. The van der Waals surface area contributed by atoms with Crippen molar-refractivity contribution in [2.24, 2.45) is 11.3 Å². The summed E-state index contributed by atoms with van der Waals surface area (Å²) in [5.41, 5.74) is -0.0802. The van der Waals surface area contributed by atoms with Crippen LogP contribution in [0.3, 0.4) is 0 Å². The molecule has 2 aliphatic carbocycles. The average molecular weight is 298 g/mol. The van der Waals surface area contributed by atoms with Crippen molar-refractivity contribution in [2.75, 3.05) is 6.54 Å². The lowest BCUT2D eigenvalue weighted by Gasteiger charge is -2.12. The number of hydrogen-bond acceptors (Lipinski definition) is 2. The minimum atomic E-state index is -0.0802. The molecule has 1 aromatic heterocycles. The van der Waals surface area contributed by atoms with Crippen LogP contribution in [0.1, 0.15) is 25.0 Å². The molecule has 1 heterocycles. The van der Waals surface area contributed by atoms with Gasteiger partial charge in [0.15, 0.2) is 0 Å². The fourth-order valence-electron chi connectivity index (χ4n) is 3.14. The van der Waals surface area contributed by atoms with E-state index >= 15 is 0 Å². The van der Waals surface area contributed by atoms with Crippen LogP contribution in [0, 0.1) is 11.3 Å².